The Bertz CT molecular complexity index is 567. The van der Waals surface area contributed by atoms with Crippen molar-refractivity contribution in [2.75, 3.05) is 5.32 Å². The molecule has 0 aromatic carbocycles. The summed E-state index contributed by atoms with van der Waals surface area (Å²) in [4.78, 5) is 21.7. The average Bonchev–Trinajstić information content (AvgIpc) is 2.28. The highest BCUT2D eigenvalue weighted by Gasteiger charge is 2.07. The Labute approximate surface area is 96.5 Å². The summed E-state index contributed by atoms with van der Waals surface area (Å²) in [5, 5.41) is 2.99. The molecule has 0 saturated heterocycles. The molecule has 82 valence electrons. The minimum absolute atomic E-state index is 0.0331. The number of hydrogen-bond donors (Lipinski definition) is 2. The summed E-state index contributed by atoms with van der Waals surface area (Å²) in [6.45, 7) is 1.85. The lowest BCUT2D eigenvalue weighted by Crippen LogP contribution is -2.10. The Balaban J connectivity index is 2.38. The van der Waals surface area contributed by atoms with Gasteiger partial charge in [-0.3, -0.25) is 9.78 Å². The Morgan fingerprint density at radius 2 is 2.25 bits per heavy atom. The summed E-state index contributed by atoms with van der Waals surface area (Å²) < 4.78 is 0. The van der Waals surface area contributed by atoms with Crippen LogP contribution in [0.3, 0.4) is 0 Å². The molecule has 0 aliphatic carbocycles. The van der Waals surface area contributed by atoms with Gasteiger partial charge in [-0.15, -0.1) is 0 Å². The van der Waals surface area contributed by atoms with Crippen LogP contribution < -0.4 is 10.9 Å². The van der Waals surface area contributed by atoms with E-state index < -0.39 is 0 Å². The van der Waals surface area contributed by atoms with E-state index in [9.17, 15) is 4.79 Å². The van der Waals surface area contributed by atoms with Crippen LogP contribution >= 0.6 is 11.6 Å². The number of aromatic amines is 1. The van der Waals surface area contributed by atoms with Gasteiger partial charge in [0.05, 0.1) is 17.7 Å². The van der Waals surface area contributed by atoms with Crippen molar-refractivity contribution >= 4 is 23.1 Å². The number of aryl methyl sites for hydroxylation is 1. The molecule has 0 atom stereocenters. The summed E-state index contributed by atoms with van der Waals surface area (Å²) in [7, 11) is 0. The second kappa shape index (κ2) is 4.32. The third-order valence-electron chi connectivity index (χ3n) is 2.06. The van der Waals surface area contributed by atoms with E-state index in [1.165, 1.54) is 6.33 Å². The third kappa shape index (κ3) is 2.04. The molecular weight excluding hydrogens is 228 g/mol. The molecule has 0 fully saturated rings. The highest BCUT2D eigenvalue weighted by Crippen LogP contribution is 2.20. The number of aromatic nitrogens is 3. The zero-order chi connectivity index (χ0) is 11.5. The van der Waals surface area contributed by atoms with Crippen LogP contribution in [0.1, 0.15) is 5.69 Å². The second-order valence-electron chi connectivity index (χ2n) is 3.16. The number of nitrogens with one attached hydrogen (secondary N) is 2. The molecule has 2 N–H and O–H groups in total. The molecule has 5 nitrogen and oxygen atoms in total. The number of rotatable bonds is 2. The van der Waals surface area contributed by atoms with Crippen LogP contribution in [-0.2, 0) is 0 Å². The number of halogens is 1. The minimum atomic E-state index is -0.374. The molecule has 0 spiro atoms. The van der Waals surface area contributed by atoms with Crippen molar-refractivity contribution in [3.8, 4) is 0 Å². The first-order chi connectivity index (χ1) is 7.68. The van der Waals surface area contributed by atoms with E-state index in [1.54, 1.807) is 12.3 Å². The fraction of sp³-hybridized carbons (Fsp3) is 0.100. The number of hydrogen-bond acceptors (Lipinski definition) is 4. The van der Waals surface area contributed by atoms with Crippen molar-refractivity contribution in [2.24, 2.45) is 0 Å². The quantitative estimate of drug-likeness (QED) is 0.835. The first-order valence-electron chi connectivity index (χ1n) is 4.60. The van der Waals surface area contributed by atoms with E-state index >= 15 is 0 Å². The van der Waals surface area contributed by atoms with Gasteiger partial charge in [0.1, 0.15) is 5.02 Å². The van der Waals surface area contributed by atoms with Gasteiger partial charge in [0, 0.05) is 6.20 Å². The normalized spacial score (nSPS) is 10.1. The maximum atomic E-state index is 11.2. The van der Waals surface area contributed by atoms with Crippen molar-refractivity contribution < 1.29 is 0 Å². The lowest BCUT2D eigenvalue weighted by atomic mass is 10.3. The van der Waals surface area contributed by atoms with Crippen molar-refractivity contribution in [3.63, 3.8) is 0 Å². The van der Waals surface area contributed by atoms with E-state index in [2.05, 4.69) is 20.3 Å². The molecule has 0 radical (unpaired) electrons. The fourth-order valence-electron chi connectivity index (χ4n) is 1.21. The second-order valence-corrected chi connectivity index (χ2v) is 3.53. The van der Waals surface area contributed by atoms with Crippen molar-refractivity contribution in [1.82, 2.24) is 15.0 Å². The predicted molar refractivity (Wildman–Crippen MR) is 62.1 cm³/mol. The lowest BCUT2D eigenvalue weighted by Gasteiger charge is -2.07. The fourth-order valence-corrected chi connectivity index (χ4v) is 1.36. The van der Waals surface area contributed by atoms with Gasteiger partial charge in [0.2, 0.25) is 0 Å². The zero-order valence-electron chi connectivity index (χ0n) is 8.49. The molecule has 0 amide bonds. The minimum Gasteiger partial charge on any atom is -0.337 e. The van der Waals surface area contributed by atoms with Crippen LogP contribution in [0.4, 0.5) is 11.5 Å². The molecule has 0 aliphatic heterocycles. The van der Waals surface area contributed by atoms with E-state index in [4.69, 9.17) is 11.6 Å². The SMILES string of the molecule is Cc1ncccc1Nc1nc[nH]c(=O)c1Cl. The number of H-pyrrole nitrogens is 1. The smallest absolute Gasteiger partial charge is 0.271 e. The molecule has 16 heavy (non-hydrogen) atoms. The van der Waals surface area contributed by atoms with E-state index in [0.717, 1.165) is 11.4 Å². The molecule has 0 aliphatic rings. The van der Waals surface area contributed by atoms with Gasteiger partial charge >= 0.3 is 0 Å². The zero-order valence-corrected chi connectivity index (χ0v) is 9.25. The summed E-state index contributed by atoms with van der Waals surface area (Å²) in [5.74, 6) is 0.321. The number of pyridine rings is 1. The van der Waals surface area contributed by atoms with Crippen LogP contribution in [0.25, 0.3) is 0 Å². The Hall–Kier alpha value is -1.88. The first-order valence-corrected chi connectivity index (χ1v) is 4.98. The summed E-state index contributed by atoms with van der Waals surface area (Å²) in [5.41, 5.74) is 1.20. The number of anilines is 2. The van der Waals surface area contributed by atoms with Gasteiger partial charge in [-0.05, 0) is 19.1 Å². The Morgan fingerprint density at radius 3 is 3.00 bits per heavy atom. The standard InChI is InChI=1S/C10H9ClN4O/c1-6-7(3-2-4-12-6)15-9-8(11)10(16)14-5-13-9/h2-5H,1H3,(H2,13,14,15,16). The van der Waals surface area contributed by atoms with Crippen molar-refractivity contribution in [3.05, 3.63) is 45.7 Å². The van der Waals surface area contributed by atoms with Gasteiger partial charge in [-0.25, -0.2) is 4.98 Å². The predicted octanol–water partition coefficient (Wildman–Crippen LogP) is 1.87. The van der Waals surface area contributed by atoms with Crippen molar-refractivity contribution in [1.29, 1.82) is 0 Å². The largest absolute Gasteiger partial charge is 0.337 e. The van der Waals surface area contributed by atoms with E-state index in [0.29, 0.717) is 5.82 Å². The third-order valence-corrected chi connectivity index (χ3v) is 2.41. The van der Waals surface area contributed by atoms with Gasteiger partial charge in [-0.1, -0.05) is 11.6 Å². The van der Waals surface area contributed by atoms with Crippen LogP contribution in [0.5, 0.6) is 0 Å². The van der Waals surface area contributed by atoms with Gasteiger partial charge in [-0.2, -0.15) is 0 Å². The first kappa shape index (κ1) is 10.6. The summed E-state index contributed by atoms with van der Waals surface area (Å²) in [6.07, 6.45) is 2.98. The van der Waals surface area contributed by atoms with Crippen LogP contribution in [0, 0.1) is 6.92 Å². The van der Waals surface area contributed by atoms with Gasteiger partial charge in [0.15, 0.2) is 5.82 Å². The molecule has 0 saturated carbocycles. The molecule has 6 heteroatoms. The topological polar surface area (TPSA) is 70.7 Å². The Kier molecular flexibility index (Phi) is 2.87. The summed E-state index contributed by atoms with van der Waals surface area (Å²) in [6, 6.07) is 3.62. The van der Waals surface area contributed by atoms with Crippen LogP contribution in [0.15, 0.2) is 29.5 Å². The molecule has 2 heterocycles. The van der Waals surface area contributed by atoms with Gasteiger partial charge < -0.3 is 10.3 Å². The maximum Gasteiger partial charge on any atom is 0.271 e. The van der Waals surface area contributed by atoms with Crippen molar-refractivity contribution in [2.45, 2.75) is 6.92 Å². The molecule has 0 unspecified atom stereocenters. The monoisotopic (exact) mass is 236 g/mol. The highest BCUT2D eigenvalue weighted by atomic mass is 35.5. The summed E-state index contributed by atoms with van der Waals surface area (Å²) >= 11 is 5.81. The van der Waals surface area contributed by atoms with Crippen LogP contribution in [0.2, 0.25) is 5.02 Å². The lowest BCUT2D eigenvalue weighted by molar-refractivity contribution is 1.11. The molecular formula is C10H9ClN4O. The molecule has 2 aromatic rings. The highest BCUT2D eigenvalue weighted by molar-refractivity contribution is 6.32. The molecule has 2 rings (SSSR count). The van der Waals surface area contributed by atoms with Gasteiger partial charge in [0.25, 0.3) is 5.56 Å². The van der Waals surface area contributed by atoms with Crippen LogP contribution in [-0.4, -0.2) is 15.0 Å². The maximum absolute atomic E-state index is 11.2. The average molecular weight is 237 g/mol. The van der Waals surface area contributed by atoms with E-state index in [1.807, 2.05) is 13.0 Å². The van der Waals surface area contributed by atoms with E-state index in [-0.39, 0.29) is 10.6 Å². The Morgan fingerprint density at radius 1 is 1.44 bits per heavy atom. The molecule has 2 aromatic heterocycles. The number of nitrogens with zero attached hydrogens (tertiary/aromatic N) is 2. The molecule has 0 bridgehead atoms.